The molecule has 2 aliphatic carbocycles. The minimum Gasteiger partial charge on any atom is -0.302 e. The molecule has 0 spiro atoms. The Balaban J connectivity index is 1.73. The molecule has 0 radical (unpaired) electrons. The first-order valence-corrected chi connectivity index (χ1v) is 9.85. The molecular weight excluding hydrogens is 365 g/mol. The summed E-state index contributed by atoms with van der Waals surface area (Å²) in [7, 11) is 0. The predicted molar refractivity (Wildman–Crippen MR) is 99.0 cm³/mol. The maximum absolute atomic E-state index is 14.3. The van der Waals surface area contributed by atoms with E-state index in [9.17, 15) is 13.2 Å². The molecule has 1 aromatic carbocycles. The average molecular weight is 386 g/mol. The van der Waals surface area contributed by atoms with Crippen LogP contribution in [0.4, 0.5) is 13.2 Å². The number of halogens is 3. The van der Waals surface area contributed by atoms with Gasteiger partial charge in [0.05, 0.1) is 35.4 Å². The fourth-order valence-electron chi connectivity index (χ4n) is 4.57. The lowest BCUT2D eigenvalue weighted by molar-refractivity contribution is -0.137. The molecule has 3 aromatic rings. The van der Waals surface area contributed by atoms with Crippen LogP contribution in [-0.2, 0) is 31.9 Å². The zero-order valence-corrected chi connectivity index (χ0v) is 15.5. The SMILES string of the molecule is FC(F)(F)c1c(-n2cnc3c2CCCC3)cccc1-n1cnc2c1CCCC2. The van der Waals surface area contributed by atoms with Crippen molar-refractivity contribution in [3.05, 3.63) is 59.2 Å². The molecule has 0 N–H and O–H groups in total. The standard InChI is InChI=1S/C21H21F3N4/c22-21(23,24)20-18(27-12-25-14-6-1-3-8-16(14)27)10-5-11-19(20)28-13-26-15-7-2-4-9-17(15)28/h5,10-13H,1-4,6-9H2. The summed E-state index contributed by atoms with van der Waals surface area (Å²) in [4.78, 5) is 8.79. The zero-order valence-electron chi connectivity index (χ0n) is 15.5. The predicted octanol–water partition coefficient (Wildman–Crippen LogP) is 4.83. The van der Waals surface area contributed by atoms with Crippen LogP contribution in [0.15, 0.2) is 30.9 Å². The van der Waals surface area contributed by atoms with Crippen LogP contribution in [-0.4, -0.2) is 19.1 Å². The lowest BCUT2D eigenvalue weighted by atomic mass is 9.99. The number of hydrogen-bond acceptors (Lipinski definition) is 2. The van der Waals surface area contributed by atoms with E-state index < -0.39 is 11.7 Å². The Morgan fingerprint density at radius 3 is 1.64 bits per heavy atom. The molecule has 28 heavy (non-hydrogen) atoms. The summed E-state index contributed by atoms with van der Waals surface area (Å²) in [5, 5.41) is 0. The topological polar surface area (TPSA) is 35.6 Å². The molecule has 0 saturated carbocycles. The number of imidazole rings is 2. The summed E-state index contributed by atoms with van der Waals surface area (Å²) < 4.78 is 46.2. The van der Waals surface area contributed by atoms with E-state index in [2.05, 4.69) is 9.97 Å². The lowest BCUT2D eigenvalue weighted by Gasteiger charge is -2.22. The second-order valence-corrected chi connectivity index (χ2v) is 7.60. The first kappa shape index (κ1) is 17.5. The van der Waals surface area contributed by atoms with Crippen molar-refractivity contribution in [2.24, 2.45) is 0 Å². The Hall–Kier alpha value is -2.57. The molecule has 0 unspecified atom stereocenters. The van der Waals surface area contributed by atoms with E-state index in [0.29, 0.717) is 0 Å². The maximum atomic E-state index is 14.3. The first-order valence-electron chi connectivity index (χ1n) is 9.85. The molecular formula is C21H21F3N4. The van der Waals surface area contributed by atoms with Gasteiger partial charge in [-0.15, -0.1) is 0 Å². The monoisotopic (exact) mass is 386 g/mol. The van der Waals surface area contributed by atoms with Crippen molar-refractivity contribution in [1.29, 1.82) is 0 Å². The molecule has 0 aliphatic heterocycles. The van der Waals surface area contributed by atoms with Gasteiger partial charge < -0.3 is 9.13 Å². The summed E-state index contributed by atoms with van der Waals surface area (Å²) in [5.41, 5.74) is 3.34. The van der Waals surface area contributed by atoms with Crippen LogP contribution in [0.25, 0.3) is 11.4 Å². The number of rotatable bonds is 2. The number of aryl methyl sites for hydroxylation is 2. The minimum absolute atomic E-state index is 0.152. The molecule has 0 saturated heterocycles. The smallest absolute Gasteiger partial charge is 0.302 e. The summed E-state index contributed by atoms with van der Waals surface area (Å²) >= 11 is 0. The van der Waals surface area contributed by atoms with E-state index >= 15 is 0 Å². The van der Waals surface area contributed by atoms with Crippen LogP contribution in [0, 0.1) is 0 Å². The number of hydrogen-bond donors (Lipinski definition) is 0. The largest absolute Gasteiger partial charge is 0.420 e. The van der Waals surface area contributed by atoms with Gasteiger partial charge in [0.2, 0.25) is 0 Å². The van der Waals surface area contributed by atoms with Crippen molar-refractivity contribution in [1.82, 2.24) is 19.1 Å². The number of alkyl halides is 3. The highest BCUT2D eigenvalue weighted by Crippen LogP contribution is 2.40. The van der Waals surface area contributed by atoms with E-state index in [1.807, 2.05) is 0 Å². The summed E-state index contributed by atoms with van der Waals surface area (Å²) in [6, 6.07) is 4.79. The molecule has 2 aromatic heterocycles. The van der Waals surface area contributed by atoms with Gasteiger partial charge in [0.15, 0.2) is 0 Å². The van der Waals surface area contributed by atoms with Crippen LogP contribution in [0.3, 0.4) is 0 Å². The van der Waals surface area contributed by atoms with E-state index in [0.717, 1.165) is 74.1 Å². The van der Waals surface area contributed by atoms with Crippen molar-refractivity contribution in [3.8, 4) is 11.4 Å². The molecule has 7 heteroatoms. The second-order valence-electron chi connectivity index (χ2n) is 7.60. The van der Waals surface area contributed by atoms with Gasteiger partial charge in [-0.1, -0.05) is 6.07 Å². The molecule has 146 valence electrons. The van der Waals surface area contributed by atoms with E-state index in [1.54, 1.807) is 40.0 Å². The highest BCUT2D eigenvalue weighted by molar-refractivity contribution is 5.57. The first-order chi connectivity index (χ1) is 13.5. The van der Waals surface area contributed by atoms with Crippen LogP contribution >= 0.6 is 0 Å². The minimum atomic E-state index is -4.48. The van der Waals surface area contributed by atoms with Gasteiger partial charge in [-0.05, 0) is 63.5 Å². The highest BCUT2D eigenvalue weighted by Gasteiger charge is 2.38. The molecule has 2 aliphatic rings. The number of nitrogens with zero attached hydrogens (tertiary/aromatic N) is 4. The van der Waals surface area contributed by atoms with E-state index in [4.69, 9.17) is 0 Å². The van der Waals surface area contributed by atoms with Gasteiger partial charge in [0.25, 0.3) is 0 Å². The van der Waals surface area contributed by atoms with Gasteiger partial charge in [0.1, 0.15) is 5.56 Å². The van der Waals surface area contributed by atoms with Gasteiger partial charge in [-0.3, -0.25) is 0 Å². The molecule has 0 atom stereocenters. The van der Waals surface area contributed by atoms with Gasteiger partial charge in [-0.25, -0.2) is 9.97 Å². The zero-order chi connectivity index (χ0) is 19.3. The number of aromatic nitrogens is 4. The van der Waals surface area contributed by atoms with Gasteiger partial charge in [-0.2, -0.15) is 13.2 Å². The molecule has 0 fully saturated rings. The molecule has 0 amide bonds. The fraction of sp³-hybridized carbons (Fsp3) is 0.429. The van der Waals surface area contributed by atoms with Crippen LogP contribution < -0.4 is 0 Å². The Labute approximate surface area is 161 Å². The Bertz CT molecular complexity index is 956. The van der Waals surface area contributed by atoms with Gasteiger partial charge in [0, 0.05) is 11.4 Å². The Morgan fingerprint density at radius 2 is 1.18 bits per heavy atom. The Morgan fingerprint density at radius 1 is 0.714 bits per heavy atom. The number of benzene rings is 1. The van der Waals surface area contributed by atoms with Crippen LogP contribution in [0.1, 0.15) is 54.0 Å². The second kappa shape index (κ2) is 6.50. The third-order valence-corrected chi connectivity index (χ3v) is 5.88. The Kier molecular flexibility index (Phi) is 4.07. The third kappa shape index (κ3) is 2.75. The quantitative estimate of drug-likeness (QED) is 0.632. The summed E-state index contributed by atoms with van der Waals surface area (Å²) in [6.07, 6.45) is 5.84. The van der Waals surface area contributed by atoms with Crippen LogP contribution in [0.2, 0.25) is 0 Å². The fourth-order valence-corrected chi connectivity index (χ4v) is 4.57. The molecule has 4 nitrogen and oxygen atoms in total. The molecule has 2 heterocycles. The average Bonchev–Trinajstić information content (AvgIpc) is 3.31. The van der Waals surface area contributed by atoms with E-state index in [-0.39, 0.29) is 11.4 Å². The van der Waals surface area contributed by atoms with Crippen molar-refractivity contribution < 1.29 is 13.2 Å². The van der Waals surface area contributed by atoms with Crippen molar-refractivity contribution in [2.75, 3.05) is 0 Å². The van der Waals surface area contributed by atoms with Crippen molar-refractivity contribution >= 4 is 0 Å². The highest BCUT2D eigenvalue weighted by atomic mass is 19.4. The summed E-state index contributed by atoms with van der Waals surface area (Å²) in [6.45, 7) is 0. The molecule has 5 rings (SSSR count). The van der Waals surface area contributed by atoms with Crippen LogP contribution in [0.5, 0.6) is 0 Å². The molecule has 0 bridgehead atoms. The maximum Gasteiger partial charge on any atom is 0.420 e. The summed E-state index contributed by atoms with van der Waals surface area (Å²) in [5.74, 6) is 0. The van der Waals surface area contributed by atoms with Crippen molar-refractivity contribution in [2.45, 2.75) is 57.5 Å². The normalized spacial score (nSPS) is 16.7. The van der Waals surface area contributed by atoms with E-state index in [1.165, 1.54) is 0 Å². The lowest BCUT2D eigenvalue weighted by Crippen LogP contribution is -2.18. The van der Waals surface area contributed by atoms with Crippen molar-refractivity contribution in [3.63, 3.8) is 0 Å². The third-order valence-electron chi connectivity index (χ3n) is 5.88. The number of fused-ring (bicyclic) bond motifs is 2. The van der Waals surface area contributed by atoms with Gasteiger partial charge >= 0.3 is 6.18 Å².